The van der Waals surface area contributed by atoms with Gasteiger partial charge in [-0.05, 0) is 32.4 Å². The summed E-state index contributed by atoms with van der Waals surface area (Å²) in [5.74, 6) is 1.56. The lowest BCUT2D eigenvalue weighted by Crippen LogP contribution is -2.22. The average molecular weight is 245 g/mol. The van der Waals surface area contributed by atoms with Gasteiger partial charge in [-0.2, -0.15) is 0 Å². The molecule has 96 valence electrons. The summed E-state index contributed by atoms with van der Waals surface area (Å²) in [5.41, 5.74) is 8.87. The SMILES string of the molecule is CCC(N)Cc1cc(C)nc(-c2ccoc2C)n1. The summed E-state index contributed by atoms with van der Waals surface area (Å²) in [7, 11) is 0. The quantitative estimate of drug-likeness (QED) is 0.899. The maximum atomic E-state index is 5.97. The third kappa shape index (κ3) is 2.76. The van der Waals surface area contributed by atoms with Gasteiger partial charge in [-0.15, -0.1) is 0 Å². The molecule has 0 radical (unpaired) electrons. The van der Waals surface area contributed by atoms with E-state index < -0.39 is 0 Å². The van der Waals surface area contributed by atoms with Gasteiger partial charge in [0, 0.05) is 23.9 Å². The van der Waals surface area contributed by atoms with Crippen molar-refractivity contribution in [2.45, 2.75) is 39.7 Å². The molecule has 2 aromatic rings. The number of hydrogen-bond acceptors (Lipinski definition) is 4. The van der Waals surface area contributed by atoms with E-state index in [9.17, 15) is 0 Å². The summed E-state index contributed by atoms with van der Waals surface area (Å²) >= 11 is 0. The standard InChI is InChI=1S/C14H19N3O/c1-4-11(15)8-12-7-9(2)16-14(17-12)13-5-6-18-10(13)3/h5-7,11H,4,8,15H2,1-3H3. The second-order valence-electron chi connectivity index (χ2n) is 4.59. The van der Waals surface area contributed by atoms with E-state index in [-0.39, 0.29) is 6.04 Å². The average Bonchev–Trinajstić information content (AvgIpc) is 2.74. The van der Waals surface area contributed by atoms with E-state index in [0.717, 1.165) is 41.4 Å². The molecule has 0 aliphatic carbocycles. The summed E-state index contributed by atoms with van der Waals surface area (Å²) in [6.07, 6.45) is 3.39. The fraction of sp³-hybridized carbons (Fsp3) is 0.429. The van der Waals surface area contributed by atoms with E-state index in [2.05, 4.69) is 16.9 Å². The van der Waals surface area contributed by atoms with Crippen molar-refractivity contribution in [2.75, 3.05) is 0 Å². The molecule has 0 saturated heterocycles. The predicted octanol–water partition coefficient (Wildman–Crippen LogP) is 2.63. The van der Waals surface area contributed by atoms with Crippen LogP contribution in [0.1, 0.15) is 30.5 Å². The van der Waals surface area contributed by atoms with E-state index in [1.165, 1.54) is 0 Å². The lowest BCUT2D eigenvalue weighted by Gasteiger charge is -2.09. The van der Waals surface area contributed by atoms with Gasteiger partial charge in [0.25, 0.3) is 0 Å². The number of nitrogens with two attached hydrogens (primary N) is 1. The highest BCUT2D eigenvalue weighted by molar-refractivity contribution is 5.57. The fourth-order valence-electron chi connectivity index (χ4n) is 1.89. The van der Waals surface area contributed by atoms with Crippen LogP contribution in [0.3, 0.4) is 0 Å². The van der Waals surface area contributed by atoms with Crippen LogP contribution in [0.5, 0.6) is 0 Å². The summed E-state index contributed by atoms with van der Waals surface area (Å²) in [5, 5.41) is 0. The first-order valence-electron chi connectivity index (χ1n) is 6.24. The highest BCUT2D eigenvalue weighted by atomic mass is 16.3. The van der Waals surface area contributed by atoms with Crippen LogP contribution in [-0.2, 0) is 6.42 Å². The molecule has 0 spiro atoms. The van der Waals surface area contributed by atoms with Crippen molar-refractivity contribution in [3.63, 3.8) is 0 Å². The van der Waals surface area contributed by atoms with Gasteiger partial charge < -0.3 is 10.2 Å². The van der Waals surface area contributed by atoms with Gasteiger partial charge in [0.2, 0.25) is 0 Å². The topological polar surface area (TPSA) is 64.9 Å². The minimum atomic E-state index is 0.151. The van der Waals surface area contributed by atoms with Gasteiger partial charge in [0.05, 0.1) is 11.8 Å². The summed E-state index contributed by atoms with van der Waals surface area (Å²) in [4.78, 5) is 9.03. The molecule has 4 heteroatoms. The smallest absolute Gasteiger partial charge is 0.163 e. The summed E-state index contributed by atoms with van der Waals surface area (Å²) in [6.45, 7) is 5.97. The predicted molar refractivity (Wildman–Crippen MR) is 71.2 cm³/mol. The lowest BCUT2D eigenvalue weighted by atomic mass is 10.1. The molecule has 2 N–H and O–H groups in total. The molecule has 0 aliphatic heterocycles. The van der Waals surface area contributed by atoms with Gasteiger partial charge >= 0.3 is 0 Å². The normalized spacial score (nSPS) is 12.7. The first-order chi connectivity index (χ1) is 8.60. The first-order valence-corrected chi connectivity index (χ1v) is 6.24. The molecule has 2 aromatic heterocycles. The summed E-state index contributed by atoms with van der Waals surface area (Å²) in [6, 6.07) is 4.04. The molecule has 0 aliphatic rings. The Labute approximate surface area is 107 Å². The molecule has 0 bridgehead atoms. The Morgan fingerprint density at radius 1 is 1.33 bits per heavy atom. The Morgan fingerprint density at radius 3 is 2.72 bits per heavy atom. The zero-order valence-corrected chi connectivity index (χ0v) is 11.1. The number of hydrogen-bond donors (Lipinski definition) is 1. The van der Waals surface area contributed by atoms with Crippen molar-refractivity contribution in [2.24, 2.45) is 5.73 Å². The molecule has 0 fully saturated rings. The molecular formula is C14H19N3O. The maximum absolute atomic E-state index is 5.97. The van der Waals surface area contributed by atoms with E-state index in [0.29, 0.717) is 0 Å². The van der Waals surface area contributed by atoms with E-state index in [1.807, 2.05) is 26.0 Å². The number of furan rings is 1. The number of aromatic nitrogens is 2. The molecule has 2 heterocycles. The van der Waals surface area contributed by atoms with Crippen molar-refractivity contribution in [3.8, 4) is 11.4 Å². The zero-order valence-electron chi connectivity index (χ0n) is 11.1. The zero-order chi connectivity index (χ0) is 13.1. The second kappa shape index (κ2) is 5.31. The lowest BCUT2D eigenvalue weighted by molar-refractivity contribution is 0.535. The van der Waals surface area contributed by atoms with E-state index >= 15 is 0 Å². The van der Waals surface area contributed by atoms with Gasteiger partial charge in [-0.1, -0.05) is 6.92 Å². The highest BCUT2D eigenvalue weighted by Crippen LogP contribution is 2.21. The fourth-order valence-corrected chi connectivity index (χ4v) is 1.89. The van der Waals surface area contributed by atoms with E-state index in [4.69, 9.17) is 10.2 Å². The highest BCUT2D eigenvalue weighted by Gasteiger charge is 2.11. The summed E-state index contributed by atoms with van der Waals surface area (Å²) < 4.78 is 5.30. The Morgan fingerprint density at radius 2 is 2.11 bits per heavy atom. The van der Waals surface area contributed by atoms with Crippen LogP contribution in [0.15, 0.2) is 22.8 Å². The van der Waals surface area contributed by atoms with Crippen LogP contribution in [0.2, 0.25) is 0 Å². The molecule has 4 nitrogen and oxygen atoms in total. The van der Waals surface area contributed by atoms with E-state index in [1.54, 1.807) is 6.26 Å². The van der Waals surface area contributed by atoms with Crippen LogP contribution < -0.4 is 5.73 Å². The van der Waals surface area contributed by atoms with Crippen molar-refractivity contribution in [3.05, 3.63) is 35.5 Å². The molecule has 1 unspecified atom stereocenters. The molecule has 0 saturated carbocycles. The first kappa shape index (κ1) is 12.8. The Kier molecular flexibility index (Phi) is 3.77. The van der Waals surface area contributed by atoms with Gasteiger partial charge in [-0.3, -0.25) is 0 Å². The van der Waals surface area contributed by atoms with Gasteiger partial charge in [-0.25, -0.2) is 9.97 Å². The molecule has 0 aromatic carbocycles. The van der Waals surface area contributed by atoms with Crippen molar-refractivity contribution < 1.29 is 4.42 Å². The number of rotatable bonds is 4. The largest absolute Gasteiger partial charge is 0.469 e. The van der Waals surface area contributed by atoms with Gasteiger partial charge in [0.15, 0.2) is 5.82 Å². The second-order valence-corrected chi connectivity index (χ2v) is 4.59. The minimum Gasteiger partial charge on any atom is -0.469 e. The molecule has 1 atom stereocenters. The van der Waals surface area contributed by atoms with Crippen LogP contribution in [0.4, 0.5) is 0 Å². The van der Waals surface area contributed by atoms with Crippen molar-refractivity contribution >= 4 is 0 Å². The molecular weight excluding hydrogens is 226 g/mol. The van der Waals surface area contributed by atoms with Crippen LogP contribution in [0, 0.1) is 13.8 Å². The number of nitrogens with zero attached hydrogens (tertiary/aromatic N) is 2. The Bertz CT molecular complexity index is 534. The monoisotopic (exact) mass is 245 g/mol. The molecule has 18 heavy (non-hydrogen) atoms. The van der Waals surface area contributed by atoms with Crippen molar-refractivity contribution in [1.82, 2.24) is 9.97 Å². The van der Waals surface area contributed by atoms with Crippen LogP contribution in [-0.4, -0.2) is 16.0 Å². The third-order valence-electron chi connectivity index (χ3n) is 3.00. The van der Waals surface area contributed by atoms with Crippen molar-refractivity contribution in [1.29, 1.82) is 0 Å². The Hall–Kier alpha value is -1.68. The molecule has 2 rings (SSSR count). The molecule has 0 amide bonds. The third-order valence-corrected chi connectivity index (χ3v) is 3.00. The van der Waals surface area contributed by atoms with Gasteiger partial charge in [0.1, 0.15) is 5.76 Å². The van der Waals surface area contributed by atoms with Crippen LogP contribution >= 0.6 is 0 Å². The minimum absolute atomic E-state index is 0.151. The van der Waals surface area contributed by atoms with Crippen LogP contribution in [0.25, 0.3) is 11.4 Å². The maximum Gasteiger partial charge on any atom is 0.163 e. The Balaban J connectivity index is 2.35. The number of aryl methyl sites for hydroxylation is 2.